The lowest BCUT2D eigenvalue weighted by Crippen LogP contribution is -2.20. The molecule has 0 saturated carbocycles. The molecule has 13 heavy (non-hydrogen) atoms. The van der Waals surface area contributed by atoms with Crippen molar-refractivity contribution in [3.05, 3.63) is 35.4 Å². The fourth-order valence-electron chi connectivity index (χ4n) is 0.929. The Balaban J connectivity index is 2.93. The number of carboxylic acid groups (broad SMARTS) is 1. The topological polar surface area (TPSA) is 63.3 Å². The second-order valence-electron chi connectivity index (χ2n) is 2.58. The van der Waals surface area contributed by atoms with E-state index < -0.39 is 12.0 Å². The second kappa shape index (κ2) is 3.74. The number of hydrogen-bond donors (Lipinski definition) is 2. The van der Waals surface area contributed by atoms with Crippen LogP contribution in [-0.2, 0) is 4.79 Å². The Hall–Kier alpha value is -1.79. The standard InChI is InChI=1S/C10H9NO2/c1-2-7-3-5-8(6-4-7)9(11)10(12)13/h1,3-6,9H,11H2,(H,12,13)/t9-/m0/s1. The molecular formula is C10H9NO2. The fraction of sp³-hybridized carbons (Fsp3) is 0.100. The van der Waals surface area contributed by atoms with E-state index >= 15 is 0 Å². The molecule has 0 bridgehead atoms. The summed E-state index contributed by atoms with van der Waals surface area (Å²) in [5.74, 6) is 1.39. The van der Waals surface area contributed by atoms with Crippen LogP contribution in [-0.4, -0.2) is 11.1 Å². The first-order valence-corrected chi connectivity index (χ1v) is 3.70. The van der Waals surface area contributed by atoms with E-state index in [0.717, 1.165) is 0 Å². The van der Waals surface area contributed by atoms with Crippen molar-refractivity contribution < 1.29 is 9.90 Å². The minimum absolute atomic E-state index is 0.548. The van der Waals surface area contributed by atoms with E-state index in [2.05, 4.69) is 5.92 Å². The molecule has 1 aromatic rings. The van der Waals surface area contributed by atoms with Gasteiger partial charge in [-0.25, -0.2) is 0 Å². The van der Waals surface area contributed by atoms with Gasteiger partial charge in [0.05, 0.1) is 0 Å². The van der Waals surface area contributed by atoms with Gasteiger partial charge >= 0.3 is 5.97 Å². The summed E-state index contributed by atoms with van der Waals surface area (Å²) in [6.07, 6.45) is 5.14. The maximum absolute atomic E-state index is 10.5. The normalized spacial score (nSPS) is 11.7. The molecule has 0 radical (unpaired) electrons. The lowest BCUT2D eigenvalue weighted by Gasteiger charge is -2.05. The summed E-state index contributed by atoms with van der Waals surface area (Å²) in [6.45, 7) is 0. The minimum Gasteiger partial charge on any atom is -0.480 e. The zero-order valence-corrected chi connectivity index (χ0v) is 6.90. The van der Waals surface area contributed by atoms with E-state index in [4.69, 9.17) is 17.3 Å². The zero-order valence-electron chi connectivity index (χ0n) is 6.90. The number of benzene rings is 1. The molecule has 3 nitrogen and oxygen atoms in total. The summed E-state index contributed by atoms with van der Waals surface area (Å²) in [5.41, 5.74) is 6.64. The summed E-state index contributed by atoms with van der Waals surface area (Å²) in [6, 6.07) is 5.59. The Kier molecular flexibility index (Phi) is 2.68. The van der Waals surface area contributed by atoms with Crippen molar-refractivity contribution in [1.29, 1.82) is 0 Å². The van der Waals surface area contributed by atoms with Gasteiger partial charge in [-0.1, -0.05) is 18.1 Å². The van der Waals surface area contributed by atoms with Gasteiger partial charge in [0.1, 0.15) is 6.04 Å². The maximum atomic E-state index is 10.5. The van der Waals surface area contributed by atoms with Crippen LogP contribution in [0.1, 0.15) is 17.2 Å². The number of terminal acetylenes is 1. The molecule has 3 heteroatoms. The summed E-state index contributed by atoms with van der Waals surface area (Å²) < 4.78 is 0. The van der Waals surface area contributed by atoms with E-state index in [1.165, 1.54) is 0 Å². The molecule has 1 aromatic carbocycles. The van der Waals surface area contributed by atoms with Crippen LogP contribution in [0, 0.1) is 12.3 Å². The molecule has 0 amide bonds. The highest BCUT2D eigenvalue weighted by atomic mass is 16.4. The molecule has 66 valence electrons. The number of hydrogen-bond acceptors (Lipinski definition) is 2. The average molecular weight is 175 g/mol. The number of rotatable bonds is 2. The largest absolute Gasteiger partial charge is 0.480 e. The first-order valence-electron chi connectivity index (χ1n) is 3.70. The summed E-state index contributed by atoms with van der Waals surface area (Å²) in [7, 11) is 0. The Morgan fingerprint density at radius 1 is 1.46 bits per heavy atom. The third-order valence-electron chi connectivity index (χ3n) is 1.70. The van der Waals surface area contributed by atoms with Gasteiger partial charge < -0.3 is 10.8 Å². The molecule has 1 atom stereocenters. The van der Waals surface area contributed by atoms with Crippen LogP contribution < -0.4 is 5.73 Å². The van der Waals surface area contributed by atoms with Crippen LogP contribution in [0.5, 0.6) is 0 Å². The molecule has 0 unspecified atom stereocenters. The van der Waals surface area contributed by atoms with Gasteiger partial charge in [-0.2, -0.15) is 0 Å². The molecule has 0 aliphatic carbocycles. The van der Waals surface area contributed by atoms with Gasteiger partial charge in [-0.05, 0) is 17.7 Å². The number of carbonyl (C=O) groups is 1. The first-order chi connectivity index (χ1) is 6.15. The highest BCUT2D eigenvalue weighted by Crippen LogP contribution is 2.10. The van der Waals surface area contributed by atoms with E-state index in [0.29, 0.717) is 11.1 Å². The first kappa shape index (κ1) is 9.30. The second-order valence-corrected chi connectivity index (χ2v) is 2.58. The monoisotopic (exact) mass is 175 g/mol. The smallest absolute Gasteiger partial charge is 0.325 e. The highest BCUT2D eigenvalue weighted by Gasteiger charge is 2.12. The molecule has 0 aliphatic rings. The Bertz CT molecular complexity index is 348. The summed E-state index contributed by atoms with van der Waals surface area (Å²) >= 11 is 0. The lowest BCUT2D eigenvalue weighted by atomic mass is 10.1. The van der Waals surface area contributed by atoms with Crippen molar-refractivity contribution in [1.82, 2.24) is 0 Å². The predicted molar refractivity (Wildman–Crippen MR) is 48.9 cm³/mol. The van der Waals surface area contributed by atoms with Gasteiger partial charge in [0.15, 0.2) is 0 Å². The number of aliphatic carboxylic acids is 1. The molecule has 0 fully saturated rings. The Labute approximate surface area is 76.2 Å². The molecule has 1 rings (SSSR count). The van der Waals surface area contributed by atoms with Crippen LogP contribution in [0.4, 0.5) is 0 Å². The Morgan fingerprint density at radius 3 is 2.38 bits per heavy atom. The third-order valence-corrected chi connectivity index (χ3v) is 1.70. The molecule has 0 heterocycles. The van der Waals surface area contributed by atoms with Crippen molar-refractivity contribution in [2.45, 2.75) is 6.04 Å². The molecule has 0 aromatic heterocycles. The van der Waals surface area contributed by atoms with Crippen LogP contribution in [0.2, 0.25) is 0 Å². The van der Waals surface area contributed by atoms with Gasteiger partial charge in [0.2, 0.25) is 0 Å². The lowest BCUT2D eigenvalue weighted by molar-refractivity contribution is -0.138. The predicted octanol–water partition coefficient (Wildman–Crippen LogP) is 0.752. The van der Waals surface area contributed by atoms with Gasteiger partial charge in [-0.15, -0.1) is 6.42 Å². The molecule has 0 spiro atoms. The van der Waals surface area contributed by atoms with Gasteiger partial charge in [0, 0.05) is 5.56 Å². The summed E-state index contributed by atoms with van der Waals surface area (Å²) in [4.78, 5) is 10.5. The number of carboxylic acids is 1. The molecule has 0 aliphatic heterocycles. The van der Waals surface area contributed by atoms with Crippen molar-refractivity contribution in [3.63, 3.8) is 0 Å². The number of nitrogens with two attached hydrogens (primary N) is 1. The highest BCUT2D eigenvalue weighted by molar-refractivity contribution is 5.75. The molecule has 3 N–H and O–H groups in total. The van der Waals surface area contributed by atoms with Crippen molar-refractivity contribution in [2.24, 2.45) is 5.73 Å². The Morgan fingerprint density at radius 2 is 2.00 bits per heavy atom. The average Bonchev–Trinajstić information content (AvgIpc) is 2.17. The van der Waals surface area contributed by atoms with Crippen molar-refractivity contribution >= 4 is 5.97 Å². The zero-order chi connectivity index (χ0) is 9.84. The van der Waals surface area contributed by atoms with Crippen LogP contribution in [0.3, 0.4) is 0 Å². The summed E-state index contributed by atoms with van der Waals surface area (Å²) in [5, 5.41) is 8.60. The quantitative estimate of drug-likeness (QED) is 0.652. The van der Waals surface area contributed by atoms with E-state index in [9.17, 15) is 4.79 Å². The van der Waals surface area contributed by atoms with Crippen LogP contribution in [0.25, 0.3) is 0 Å². The van der Waals surface area contributed by atoms with Crippen molar-refractivity contribution in [3.8, 4) is 12.3 Å². The van der Waals surface area contributed by atoms with E-state index in [1.807, 2.05) is 0 Å². The minimum atomic E-state index is -1.05. The molecular weight excluding hydrogens is 166 g/mol. The van der Waals surface area contributed by atoms with Crippen LogP contribution in [0.15, 0.2) is 24.3 Å². The SMILES string of the molecule is C#Cc1ccc([C@H](N)C(=O)O)cc1. The van der Waals surface area contributed by atoms with Crippen LogP contribution >= 0.6 is 0 Å². The third kappa shape index (κ3) is 2.08. The van der Waals surface area contributed by atoms with Crippen molar-refractivity contribution in [2.75, 3.05) is 0 Å². The molecule has 0 saturated heterocycles. The van der Waals surface area contributed by atoms with Gasteiger partial charge in [0.25, 0.3) is 0 Å². The maximum Gasteiger partial charge on any atom is 0.325 e. The van der Waals surface area contributed by atoms with E-state index in [1.54, 1.807) is 24.3 Å². The van der Waals surface area contributed by atoms with Gasteiger partial charge in [-0.3, -0.25) is 4.79 Å². The van der Waals surface area contributed by atoms with E-state index in [-0.39, 0.29) is 0 Å². The fourth-order valence-corrected chi connectivity index (χ4v) is 0.929.